The van der Waals surface area contributed by atoms with Crippen LogP contribution in [-0.4, -0.2) is 41.8 Å². The summed E-state index contributed by atoms with van der Waals surface area (Å²) in [5, 5.41) is 6.20. The molecule has 3 amide bonds. The fraction of sp³-hybridized carbons (Fsp3) is 0.263. The molecular weight excluding hydrogens is 546 g/mol. The molecule has 6 nitrogen and oxygen atoms in total. The number of hydrogen-bond acceptors (Lipinski definition) is 3. The van der Waals surface area contributed by atoms with Gasteiger partial charge in [0.1, 0.15) is 0 Å². The average Bonchev–Trinajstić information content (AvgIpc) is 3.05. The summed E-state index contributed by atoms with van der Waals surface area (Å²) < 4.78 is 0. The van der Waals surface area contributed by atoms with Gasteiger partial charge in [-0.3, -0.25) is 14.4 Å². The number of carbonyl (C=O) groups is 3. The topological polar surface area (TPSA) is 78.5 Å². The summed E-state index contributed by atoms with van der Waals surface area (Å²) in [4.78, 5) is 42.5. The standard InChI is InChI=1S/C38H42N3O3/c1-4-23-41(24-5-2)38(44)32-18-12-17-31(26-32)36(42)40-34(25-29-13-8-6-9-14-29)27-35(30-15-10-7-11-16-30)37(43)39-33-21-19-28(3)20-22-33/h6-22,26-27,34-35H,4-5,23-25H2,1-3H3,(H,39,43)(H,40,42). The van der Waals surface area contributed by atoms with E-state index in [1.165, 1.54) is 0 Å². The zero-order valence-corrected chi connectivity index (χ0v) is 25.8. The number of benzene rings is 4. The van der Waals surface area contributed by atoms with Crippen LogP contribution in [0.15, 0.2) is 109 Å². The van der Waals surface area contributed by atoms with Crippen molar-refractivity contribution in [1.29, 1.82) is 0 Å². The second-order valence-corrected chi connectivity index (χ2v) is 11.1. The van der Waals surface area contributed by atoms with Crippen LogP contribution in [0.2, 0.25) is 0 Å². The van der Waals surface area contributed by atoms with Crippen molar-refractivity contribution in [3.05, 3.63) is 143 Å². The van der Waals surface area contributed by atoms with Crippen molar-refractivity contribution < 1.29 is 14.4 Å². The molecule has 0 bridgehead atoms. The molecule has 2 N–H and O–H groups in total. The molecule has 4 aromatic carbocycles. The molecule has 0 aromatic heterocycles. The first-order chi connectivity index (χ1) is 21.4. The fourth-order valence-electron chi connectivity index (χ4n) is 5.22. The number of aryl methyl sites for hydroxylation is 1. The zero-order chi connectivity index (χ0) is 31.3. The molecule has 0 saturated heterocycles. The molecule has 6 heteroatoms. The first kappa shape index (κ1) is 32.2. The number of carbonyl (C=O) groups excluding carboxylic acids is 3. The SMILES string of the molecule is CCCN(CCC)C(=O)c1cccc(C(=O)NC([CH]C(C(=O)Nc2ccc(C)cc2)c2ccccc2)Cc2ccccc2)c1. The van der Waals surface area contributed by atoms with Crippen LogP contribution in [0.3, 0.4) is 0 Å². The fourth-order valence-corrected chi connectivity index (χ4v) is 5.22. The Kier molecular flexibility index (Phi) is 11.9. The maximum absolute atomic E-state index is 13.7. The van der Waals surface area contributed by atoms with E-state index in [-0.39, 0.29) is 17.7 Å². The van der Waals surface area contributed by atoms with E-state index in [1.807, 2.05) is 117 Å². The smallest absolute Gasteiger partial charge is 0.253 e. The minimum Gasteiger partial charge on any atom is -0.349 e. The van der Waals surface area contributed by atoms with Gasteiger partial charge in [0.25, 0.3) is 11.8 Å². The quantitative estimate of drug-likeness (QED) is 0.163. The number of rotatable bonds is 14. The third kappa shape index (κ3) is 9.14. The summed E-state index contributed by atoms with van der Waals surface area (Å²) in [6.45, 7) is 7.44. The number of nitrogens with one attached hydrogen (secondary N) is 2. The van der Waals surface area contributed by atoms with E-state index in [1.54, 1.807) is 24.3 Å². The van der Waals surface area contributed by atoms with Crippen molar-refractivity contribution in [3.8, 4) is 0 Å². The van der Waals surface area contributed by atoms with Gasteiger partial charge in [-0.2, -0.15) is 0 Å². The molecule has 2 atom stereocenters. The lowest BCUT2D eigenvalue weighted by Crippen LogP contribution is -2.40. The lowest BCUT2D eigenvalue weighted by atomic mass is 9.88. The summed E-state index contributed by atoms with van der Waals surface area (Å²) in [7, 11) is 0. The van der Waals surface area contributed by atoms with Crippen LogP contribution in [0.25, 0.3) is 0 Å². The molecule has 0 heterocycles. The van der Waals surface area contributed by atoms with Gasteiger partial charge >= 0.3 is 0 Å². The molecular formula is C38H42N3O3. The predicted octanol–water partition coefficient (Wildman–Crippen LogP) is 7.23. The zero-order valence-electron chi connectivity index (χ0n) is 25.8. The highest BCUT2D eigenvalue weighted by molar-refractivity contribution is 6.00. The predicted molar refractivity (Wildman–Crippen MR) is 178 cm³/mol. The summed E-state index contributed by atoms with van der Waals surface area (Å²) >= 11 is 0. The Morgan fingerprint density at radius 2 is 1.36 bits per heavy atom. The van der Waals surface area contributed by atoms with Crippen LogP contribution in [0.5, 0.6) is 0 Å². The summed E-state index contributed by atoms with van der Waals surface area (Å²) in [6.07, 6.45) is 4.13. The van der Waals surface area contributed by atoms with Gasteiger partial charge < -0.3 is 15.5 Å². The van der Waals surface area contributed by atoms with Crippen molar-refractivity contribution in [3.63, 3.8) is 0 Å². The van der Waals surface area contributed by atoms with E-state index in [0.29, 0.717) is 36.3 Å². The maximum Gasteiger partial charge on any atom is 0.253 e. The molecule has 4 aromatic rings. The van der Waals surface area contributed by atoms with Crippen LogP contribution in [-0.2, 0) is 11.2 Å². The van der Waals surface area contributed by atoms with Gasteiger partial charge in [0.2, 0.25) is 5.91 Å². The number of hydrogen-bond donors (Lipinski definition) is 2. The monoisotopic (exact) mass is 588 g/mol. The summed E-state index contributed by atoms with van der Waals surface area (Å²) in [5.74, 6) is -1.20. The number of anilines is 1. The molecule has 44 heavy (non-hydrogen) atoms. The van der Waals surface area contributed by atoms with E-state index in [9.17, 15) is 14.4 Å². The van der Waals surface area contributed by atoms with Gasteiger partial charge in [-0.15, -0.1) is 0 Å². The average molecular weight is 589 g/mol. The highest BCUT2D eigenvalue weighted by Crippen LogP contribution is 2.25. The molecule has 0 spiro atoms. The van der Waals surface area contributed by atoms with Crippen LogP contribution >= 0.6 is 0 Å². The van der Waals surface area contributed by atoms with E-state index >= 15 is 0 Å². The largest absolute Gasteiger partial charge is 0.349 e. The second kappa shape index (κ2) is 16.2. The van der Waals surface area contributed by atoms with Gasteiger partial charge in [-0.05, 0) is 67.6 Å². The van der Waals surface area contributed by atoms with Gasteiger partial charge in [-0.25, -0.2) is 0 Å². The highest BCUT2D eigenvalue weighted by Gasteiger charge is 2.27. The summed E-state index contributed by atoms with van der Waals surface area (Å²) in [6, 6.07) is 33.5. The van der Waals surface area contributed by atoms with Crippen LogP contribution in [0.4, 0.5) is 5.69 Å². The molecule has 0 aliphatic carbocycles. The van der Waals surface area contributed by atoms with Crippen molar-refractivity contribution in [2.45, 2.75) is 52.0 Å². The van der Waals surface area contributed by atoms with Gasteiger partial charge in [0.15, 0.2) is 0 Å². The second-order valence-electron chi connectivity index (χ2n) is 11.1. The van der Waals surface area contributed by atoms with Gasteiger partial charge in [-0.1, -0.05) is 98.3 Å². The maximum atomic E-state index is 13.7. The van der Waals surface area contributed by atoms with Gasteiger partial charge in [0.05, 0.1) is 5.92 Å². The minimum absolute atomic E-state index is 0.0762. The van der Waals surface area contributed by atoms with E-state index in [2.05, 4.69) is 10.6 Å². The summed E-state index contributed by atoms with van der Waals surface area (Å²) in [5.41, 5.74) is 4.55. The normalized spacial score (nSPS) is 12.2. The number of nitrogens with zero attached hydrogens (tertiary/aromatic N) is 1. The molecule has 227 valence electrons. The highest BCUT2D eigenvalue weighted by atomic mass is 16.2. The molecule has 0 aliphatic rings. The third-order valence-corrected chi connectivity index (χ3v) is 7.45. The molecule has 1 radical (unpaired) electrons. The Bertz CT molecular complexity index is 1500. The van der Waals surface area contributed by atoms with Crippen LogP contribution < -0.4 is 10.6 Å². The van der Waals surface area contributed by atoms with E-state index < -0.39 is 12.0 Å². The Balaban J connectivity index is 1.60. The molecule has 2 unspecified atom stereocenters. The molecule has 0 aliphatic heterocycles. The van der Waals surface area contributed by atoms with Crippen molar-refractivity contribution in [2.24, 2.45) is 0 Å². The Labute approximate surface area is 261 Å². The Hall–Kier alpha value is -4.71. The minimum atomic E-state index is -0.629. The van der Waals surface area contributed by atoms with Crippen molar-refractivity contribution in [2.75, 3.05) is 18.4 Å². The van der Waals surface area contributed by atoms with E-state index in [4.69, 9.17) is 0 Å². The first-order valence-corrected chi connectivity index (χ1v) is 15.4. The lowest BCUT2D eigenvalue weighted by molar-refractivity contribution is -0.117. The van der Waals surface area contributed by atoms with Crippen molar-refractivity contribution in [1.82, 2.24) is 10.2 Å². The molecule has 0 fully saturated rings. The molecule has 0 saturated carbocycles. The van der Waals surface area contributed by atoms with E-state index in [0.717, 1.165) is 29.5 Å². The van der Waals surface area contributed by atoms with Crippen LogP contribution in [0.1, 0.15) is 70.0 Å². The van der Waals surface area contributed by atoms with Crippen LogP contribution in [0, 0.1) is 13.3 Å². The Morgan fingerprint density at radius 3 is 2.00 bits per heavy atom. The van der Waals surface area contributed by atoms with Gasteiger partial charge in [0, 0.05) is 42.4 Å². The lowest BCUT2D eigenvalue weighted by Gasteiger charge is -2.25. The Morgan fingerprint density at radius 1 is 0.750 bits per heavy atom. The first-order valence-electron chi connectivity index (χ1n) is 15.4. The third-order valence-electron chi connectivity index (χ3n) is 7.45. The van der Waals surface area contributed by atoms with Crippen molar-refractivity contribution >= 4 is 23.4 Å². The number of amides is 3. The molecule has 4 rings (SSSR count).